The van der Waals surface area contributed by atoms with E-state index in [4.69, 9.17) is 4.84 Å². The molecule has 0 heterocycles. The van der Waals surface area contributed by atoms with Gasteiger partial charge in [-0.15, -0.1) is 0 Å². The largest absolute Gasteiger partial charge is 0.385 e. The Morgan fingerprint density at radius 3 is 2.52 bits per heavy atom. The zero-order valence-electron chi connectivity index (χ0n) is 12.6. The van der Waals surface area contributed by atoms with E-state index in [9.17, 15) is 18.4 Å². The van der Waals surface area contributed by atoms with Crippen LogP contribution in [0.2, 0.25) is 0 Å². The van der Waals surface area contributed by atoms with Crippen molar-refractivity contribution in [2.75, 3.05) is 17.2 Å². The van der Waals surface area contributed by atoms with E-state index in [1.54, 1.807) is 12.1 Å². The van der Waals surface area contributed by atoms with Crippen LogP contribution in [0.1, 0.15) is 0 Å². The monoisotopic (exact) mass is 459 g/mol. The van der Waals surface area contributed by atoms with E-state index >= 15 is 0 Å². The molecule has 0 aliphatic carbocycles. The van der Waals surface area contributed by atoms with Crippen LogP contribution in [0.3, 0.4) is 0 Å². The molecule has 2 rings (SSSR count). The second-order valence-corrected chi connectivity index (χ2v) is 5.92. The van der Waals surface area contributed by atoms with Crippen LogP contribution < -0.4 is 10.6 Å². The summed E-state index contributed by atoms with van der Waals surface area (Å²) in [6, 6.07) is 9.83. The van der Waals surface area contributed by atoms with Crippen molar-refractivity contribution >= 4 is 52.0 Å². The van der Waals surface area contributed by atoms with Crippen LogP contribution in [0.25, 0.3) is 0 Å². The van der Waals surface area contributed by atoms with Crippen LogP contribution in [0, 0.1) is 15.2 Å². The highest BCUT2D eigenvalue weighted by Gasteiger charge is 2.07. The Balaban J connectivity index is 1.75. The standard InChI is InChI=1S/C16H12F2IN3O3/c17-10-1-6-14(13(18)7-10)22-15(23)8-20-25-9-16(24)21-12-4-2-11(19)3-5-12/h1-8H,9H2,(H,21,24)(H,22,23). The van der Waals surface area contributed by atoms with Crippen LogP contribution >= 0.6 is 22.6 Å². The van der Waals surface area contributed by atoms with Crippen molar-refractivity contribution in [3.05, 3.63) is 57.7 Å². The summed E-state index contributed by atoms with van der Waals surface area (Å²) in [5, 5.41) is 8.06. The van der Waals surface area contributed by atoms with Gasteiger partial charge < -0.3 is 15.5 Å². The van der Waals surface area contributed by atoms with Crippen LogP contribution in [-0.2, 0) is 14.4 Å². The molecule has 0 atom stereocenters. The Morgan fingerprint density at radius 1 is 1.12 bits per heavy atom. The molecule has 2 aromatic rings. The number of amides is 2. The highest BCUT2D eigenvalue weighted by atomic mass is 127. The van der Waals surface area contributed by atoms with E-state index < -0.39 is 30.1 Å². The van der Waals surface area contributed by atoms with Crippen LogP contribution in [0.15, 0.2) is 47.6 Å². The van der Waals surface area contributed by atoms with Gasteiger partial charge in [0.15, 0.2) is 6.61 Å². The van der Waals surface area contributed by atoms with Gasteiger partial charge in [0.25, 0.3) is 11.8 Å². The lowest BCUT2D eigenvalue weighted by Crippen LogP contribution is -2.18. The molecule has 2 amide bonds. The molecule has 6 nitrogen and oxygen atoms in total. The molecule has 0 aliphatic heterocycles. The summed E-state index contributed by atoms with van der Waals surface area (Å²) in [7, 11) is 0. The first-order valence-corrected chi connectivity index (χ1v) is 7.99. The molecule has 0 bridgehead atoms. The second-order valence-electron chi connectivity index (χ2n) is 4.68. The molecular formula is C16H12F2IN3O3. The molecule has 0 aliphatic rings. The number of hydrogen-bond acceptors (Lipinski definition) is 4. The number of carbonyl (C=O) groups excluding carboxylic acids is 2. The number of halogens is 3. The summed E-state index contributed by atoms with van der Waals surface area (Å²) >= 11 is 2.14. The number of benzene rings is 2. The van der Waals surface area contributed by atoms with E-state index in [1.165, 1.54) is 0 Å². The van der Waals surface area contributed by atoms with Crippen molar-refractivity contribution in [2.45, 2.75) is 0 Å². The Hall–Kier alpha value is -2.56. The van der Waals surface area contributed by atoms with E-state index in [2.05, 4.69) is 38.4 Å². The predicted octanol–water partition coefficient (Wildman–Crippen LogP) is 3.15. The molecule has 0 unspecified atom stereocenters. The molecule has 0 spiro atoms. The van der Waals surface area contributed by atoms with Crippen molar-refractivity contribution in [2.24, 2.45) is 5.16 Å². The van der Waals surface area contributed by atoms with Gasteiger partial charge in [-0.05, 0) is 59.0 Å². The van der Waals surface area contributed by atoms with E-state index in [-0.39, 0.29) is 5.69 Å². The molecule has 2 aromatic carbocycles. The minimum absolute atomic E-state index is 0.200. The number of nitrogens with zero attached hydrogens (tertiary/aromatic N) is 1. The molecule has 0 aromatic heterocycles. The molecule has 0 radical (unpaired) electrons. The fraction of sp³-hybridized carbons (Fsp3) is 0.0625. The fourth-order valence-corrected chi connectivity index (χ4v) is 2.03. The number of carbonyl (C=O) groups is 2. The Kier molecular flexibility index (Phi) is 6.81. The summed E-state index contributed by atoms with van der Waals surface area (Å²) in [4.78, 5) is 27.8. The summed E-state index contributed by atoms with van der Waals surface area (Å²) in [6.07, 6.45) is 0.737. The first kappa shape index (κ1) is 18.8. The topological polar surface area (TPSA) is 79.8 Å². The van der Waals surface area contributed by atoms with Crippen LogP contribution in [0.4, 0.5) is 20.2 Å². The molecular weight excluding hydrogens is 447 g/mol. The zero-order chi connectivity index (χ0) is 18.2. The van der Waals surface area contributed by atoms with Gasteiger partial charge in [0.2, 0.25) is 0 Å². The van der Waals surface area contributed by atoms with Gasteiger partial charge in [0.1, 0.15) is 17.8 Å². The Morgan fingerprint density at radius 2 is 1.84 bits per heavy atom. The van der Waals surface area contributed by atoms with Crippen molar-refractivity contribution in [1.29, 1.82) is 0 Å². The van der Waals surface area contributed by atoms with Crippen molar-refractivity contribution in [3.63, 3.8) is 0 Å². The quantitative estimate of drug-likeness (QED) is 0.396. The average Bonchev–Trinajstić information content (AvgIpc) is 2.56. The maximum absolute atomic E-state index is 13.4. The third kappa shape index (κ3) is 6.45. The summed E-state index contributed by atoms with van der Waals surface area (Å²) < 4.78 is 27.1. The minimum Gasteiger partial charge on any atom is -0.385 e. The van der Waals surface area contributed by atoms with Crippen LogP contribution in [0.5, 0.6) is 0 Å². The molecule has 0 fully saturated rings. The molecule has 2 N–H and O–H groups in total. The maximum atomic E-state index is 13.4. The summed E-state index contributed by atoms with van der Waals surface area (Å²) in [5.41, 5.74) is 0.400. The van der Waals surface area contributed by atoms with Gasteiger partial charge in [-0.2, -0.15) is 0 Å². The highest BCUT2D eigenvalue weighted by molar-refractivity contribution is 14.1. The molecule has 130 valence electrons. The first-order chi connectivity index (χ1) is 11.9. The lowest BCUT2D eigenvalue weighted by atomic mass is 10.3. The second kappa shape index (κ2) is 9.06. The lowest BCUT2D eigenvalue weighted by molar-refractivity contribution is -0.120. The maximum Gasteiger partial charge on any atom is 0.270 e. The van der Waals surface area contributed by atoms with Crippen LogP contribution in [-0.4, -0.2) is 24.6 Å². The molecule has 9 heteroatoms. The highest BCUT2D eigenvalue weighted by Crippen LogP contribution is 2.14. The van der Waals surface area contributed by atoms with Gasteiger partial charge in [0, 0.05) is 15.3 Å². The molecule has 0 saturated carbocycles. The third-order valence-electron chi connectivity index (χ3n) is 2.76. The number of rotatable bonds is 6. The lowest BCUT2D eigenvalue weighted by Gasteiger charge is -2.04. The van der Waals surface area contributed by atoms with Crippen molar-refractivity contribution < 1.29 is 23.2 Å². The third-order valence-corrected chi connectivity index (χ3v) is 3.48. The number of hydrogen-bond donors (Lipinski definition) is 2. The number of nitrogens with one attached hydrogen (secondary N) is 2. The van der Waals surface area contributed by atoms with E-state index in [0.717, 1.165) is 21.9 Å². The normalized spacial score (nSPS) is 10.5. The van der Waals surface area contributed by atoms with Gasteiger partial charge in [-0.25, -0.2) is 8.78 Å². The SMILES string of the molecule is O=C(C=NOCC(=O)Nc1ccc(I)cc1)Nc1ccc(F)cc1F. The van der Waals surface area contributed by atoms with Crippen molar-refractivity contribution in [3.8, 4) is 0 Å². The number of oxime groups is 1. The van der Waals surface area contributed by atoms with Gasteiger partial charge in [-0.3, -0.25) is 9.59 Å². The minimum atomic E-state index is -0.917. The fourth-order valence-electron chi connectivity index (χ4n) is 1.67. The Bertz CT molecular complexity index is 798. The molecule has 0 saturated heterocycles. The zero-order valence-corrected chi connectivity index (χ0v) is 14.8. The first-order valence-electron chi connectivity index (χ1n) is 6.91. The van der Waals surface area contributed by atoms with E-state index in [0.29, 0.717) is 11.8 Å². The smallest absolute Gasteiger partial charge is 0.270 e. The Labute approximate surface area is 155 Å². The molecule has 25 heavy (non-hydrogen) atoms. The summed E-state index contributed by atoms with van der Waals surface area (Å²) in [6.45, 7) is -0.402. The van der Waals surface area contributed by atoms with Gasteiger partial charge in [0.05, 0.1) is 5.69 Å². The number of anilines is 2. The summed E-state index contributed by atoms with van der Waals surface area (Å²) in [5.74, 6) is -2.92. The van der Waals surface area contributed by atoms with Gasteiger partial charge in [-0.1, -0.05) is 5.16 Å². The predicted molar refractivity (Wildman–Crippen MR) is 97.2 cm³/mol. The van der Waals surface area contributed by atoms with E-state index in [1.807, 2.05) is 12.1 Å². The average molecular weight is 459 g/mol. The van der Waals surface area contributed by atoms with Crippen molar-refractivity contribution in [1.82, 2.24) is 0 Å². The van der Waals surface area contributed by atoms with Gasteiger partial charge >= 0.3 is 0 Å².